The Morgan fingerprint density at radius 3 is 2.65 bits per heavy atom. The Kier molecular flexibility index (Phi) is 6.27. The molecule has 0 radical (unpaired) electrons. The van der Waals surface area contributed by atoms with Crippen molar-refractivity contribution in [3.05, 3.63) is 12.2 Å². The largest absolute Gasteiger partial charge is 0.356 e. The van der Waals surface area contributed by atoms with Gasteiger partial charge in [0.15, 0.2) is 0 Å². The standard InChI is InChI=1S/C14H26N2O/c1-2-3-7-10-16-13(17)11-14(12-15)8-5-4-6-9-14/h2-3H,4-12,15H2,1H3,(H,16,17)/b3-2+. The second kappa shape index (κ2) is 7.49. The molecule has 98 valence electrons. The summed E-state index contributed by atoms with van der Waals surface area (Å²) >= 11 is 0. The maximum absolute atomic E-state index is 11.8. The zero-order valence-corrected chi connectivity index (χ0v) is 11.0. The minimum atomic E-state index is 0.0862. The molecule has 1 amide bonds. The van der Waals surface area contributed by atoms with Gasteiger partial charge in [0, 0.05) is 13.0 Å². The average molecular weight is 238 g/mol. The maximum atomic E-state index is 11.8. The first-order valence-corrected chi connectivity index (χ1v) is 6.80. The highest BCUT2D eigenvalue weighted by atomic mass is 16.1. The van der Waals surface area contributed by atoms with Crippen molar-refractivity contribution in [1.82, 2.24) is 5.32 Å². The van der Waals surface area contributed by atoms with Crippen molar-refractivity contribution in [2.24, 2.45) is 11.1 Å². The quantitative estimate of drug-likeness (QED) is 0.551. The first-order chi connectivity index (χ1) is 8.22. The number of hydrogen-bond donors (Lipinski definition) is 2. The Balaban J connectivity index is 2.31. The van der Waals surface area contributed by atoms with Crippen LogP contribution in [0.3, 0.4) is 0 Å². The number of nitrogens with two attached hydrogens (primary N) is 1. The molecule has 0 aromatic heterocycles. The van der Waals surface area contributed by atoms with E-state index in [1.54, 1.807) is 0 Å². The van der Waals surface area contributed by atoms with Crippen LogP contribution in [0.1, 0.15) is 51.9 Å². The number of amides is 1. The second-order valence-corrected chi connectivity index (χ2v) is 5.15. The van der Waals surface area contributed by atoms with E-state index in [1.807, 2.05) is 13.0 Å². The normalized spacial score (nSPS) is 19.4. The van der Waals surface area contributed by atoms with Crippen molar-refractivity contribution in [1.29, 1.82) is 0 Å². The molecule has 1 saturated carbocycles. The maximum Gasteiger partial charge on any atom is 0.220 e. The highest BCUT2D eigenvalue weighted by Gasteiger charge is 2.32. The number of hydrogen-bond acceptors (Lipinski definition) is 2. The Bertz CT molecular complexity index is 255. The number of allylic oxidation sites excluding steroid dienone is 1. The molecule has 0 heterocycles. The molecule has 0 bridgehead atoms. The fourth-order valence-electron chi connectivity index (χ4n) is 2.62. The van der Waals surface area contributed by atoms with Crippen LogP contribution in [0.5, 0.6) is 0 Å². The number of nitrogens with one attached hydrogen (secondary N) is 1. The number of carbonyl (C=O) groups excluding carboxylic acids is 1. The van der Waals surface area contributed by atoms with E-state index in [0.29, 0.717) is 13.0 Å². The van der Waals surface area contributed by atoms with Crippen LogP contribution in [-0.2, 0) is 4.79 Å². The van der Waals surface area contributed by atoms with E-state index < -0.39 is 0 Å². The third-order valence-electron chi connectivity index (χ3n) is 3.75. The monoisotopic (exact) mass is 238 g/mol. The highest BCUT2D eigenvalue weighted by molar-refractivity contribution is 5.76. The third kappa shape index (κ3) is 4.90. The van der Waals surface area contributed by atoms with Crippen LogP contribution in [0, 0.1) is 5.41 Å². The lowest BCUT2D eigenvalue weighted by molar-refractivity contribution is -0.123. The van der Waals surface area contributed by atoms with Crippen molar-refractivity contribution in [2.75, 3.05) is 13.1 Å². The zero-order chi connectivity index (χ0) is 12.6. The van der Waals surface area contributed by atoms with Crippen molar-refractivity contribution in [2.45, 2.75) is 51.9 Å². The predicted molar refractivity (Wildman–Crippen MR) is 71.6 cm³/mol. The molecule has 0 unspecified atom stereocenters. The van der Waals surface area contributed by atoms with Crippen LogP contribution in [0.15, 0.2) is 12.2 Å². The van der Waals surface area contributed by atoms with Crippen molar-refractivity contribution >= 4 is 5.91 Å². The van der Waals surface area contributed by atoms with Gasteiger partial charge in [-0.05, 0) is 38.1 Å². The molecule has 3 N–H and O–H groups in total. The van der Waals surface area contributed by atoms with Crippen LogP contribution in [0.4, 0.5) is 0 Å². The van der Waals surface area contributed by atoms with Crippen molar-refractivity contribution < 1.29 is 4.79 Å². The van der Waals surface area contributed by atoms with Gasteiger partial charge in [-0.3, -0.25) is 4.79 Å². The Labute approximate surface area is 105 Å². The molecule has 0 aliphatic heterocycles. The molecule has 3 nitrogen and oxygen atoms in total. The van der Waals surface area contributed by atoms with Crippen LogP contribution in [-0.4, -0.2) is 19.0 Å². The number of rotatable bonds is 6. The smallest absolute Gasteiger partial charge is 0.220 e. The van der Waals surface area contributed by atoms with Gasteiger partial charge >= 0.3 is 0 Å². The molecule has 1 rings (SSSR count). The van der Waals surface area contributed by atoms with Gasteiger partial charge < -0.3 is 11.1 Å². The summed E-state index contributed by atoms with van der Waals surface area (Å²) in [7, 11) is 0. The second-order valence-electron chi connectivity index (χ2n) is 5.15. The molecule has 1 aliphatic carbocycles. The van der Waals surface area contributed by atoms with Gasteiger partial charge in [-0.25, -0.2) is 0 Å². The molecule has 0 spiro atoms. The summed E-state index contributed by atoms with van der Waals surface area (Å²) in [5, 5.41) is 2.98. The molecule has 1 aliphatic rings. The Hall–Kier alpha value is -0.830. The van der Waals surface area contributed by atoms with E-state index in [-0.39, 0.29) is 11.3 Å². The van der Waals surface area contributed by atoms with Crippen LogP contribution < -0.4 is 11.1 Å². The van der Waals surface area contributed by atoms with Gasteiger partial charge in [-0.1, -0.05) is 31.4 Å². The lowest BCUT2D eigenvalue weighted by Crippen LogP contribution is -2.38. The summed E-state index contributed by atoms with van der Waals surface area (Å²) in [6.07, 6.45) is 11.6. The Morgan fingerprint density at radius 2 is 2.06 bits per heavy atom. The highest BCUT2D eigenvalue weighted by Crippen LogP contribution is 2.38. The summed E-state index contributed by atoms with van der Waals surface area (Å²) in [4.78, 5) is 11.8. The summed E-state index contributed by atoms with van der Waals surface area (Å²) in [5.74, 6) is 0.168. The van der Waals surface area contributed by atoms with Gasteiger partial charge in [-0.15, -0.1) is 0 Å². The lowest BCUT2D eigenvalue weighted by atomic mass is 9.71. The van der Waals surface area contributed by atoms with Gasteiger partial charge in [0.2, 0.25) is 5.91 Å². The SMILES string of the molecule is C/C=C/CCNC(=O)CC1(CN)CCCCC1. The Morgan fingerprint density at radius 1 is 1.35 bits per heavy atom. The average Bonchev–Trinajstić information content (AvgIpc) is 2.36. The van der Waals surface area contributed by atoms with E-state index in [0.717, 1.165) is 25.8 Å². The number of carbonyl (C=O) groups is 1. The van der Waals surface area contributed by atoms with Crippen molar-refractivity contribution in [3.8, 4) is 0 Å². The fourth-order valence-corrected chi connectivity index (χ4v) is 2.62. The minimum absolute atomic E-state index is 0.0862. The van der Waals surface area contributed by atoms with Gasteiger partial charge in [-0.2, -0.15) is 0 Å². The molecular weight excluding hydrogens is 212 g/mol. The summed E-state index contributed by atoms with van der Waals surface area (Å²) in [5.41, 5.74) is 5.96. The topological polar surface area (TPSA) is 55.1 Å². The van der Waals surface area contributed by atoms with Gasteiger partial charge in [0.1, 0.15) is 0 Å². The third-order valence-corrected chi connectivity index (χ3v) is 3.75. The molecule has 17 heavy (non-hydrogen) atoms. The minimum Gasteiger partial charge on any atom is -0.356 e. The lowest BCUT2D eigenvalue weighted by Gasteiger charge is -2.35. The van der Waals surface area contributed by atoms with Gasteiger partial charge in [0.25, 0.3) is 0 Å². The van der Waals surface area contributed by atoms with E-state index in [4.69, 9.17) is 5.73 Å². The molecule has 0 aromatic rings. The van der Waals surface area contributed by atoms with Gasteiger partial charge in [0.05, 0.1) is 0 Å². The fraction of sp³-hybridized carbons (Fsp3) is 0.786. The van der Waals surface area contributed by atoms with E-state index in [1.165, 1.54) is 19.3 Å². The molecule has 0 saturated heterocycles. The molecular formula is C14H26N2O. The first-order valence-electron chi connectivity index (χ1n) is 6.80. The predicted octanol–water partition coefficient (Wildman–Crippen LogP) is 2.37. The molecule has 0 aromatic carbocycles. The summed E-state index contributed by atoms with van der Waals surface area (Å²) in [6.45, 7) is 3.38. The van der Waals surface area contributed by atoms with Crippen LogP contribution >= 0.6 is 0 Å². The molecule has 3 heteroatoms. The van der Waals surface area contributed by atoms with E-state index in [9.17, 15) is 4.79 Å². The van der Waals surface area contributed by atoms with E-state index >= 15 is 0 Å². The first kappa shape index (κ1) is 14.2. The van der Waals surface area contributed by atoms with Crippen molar-refractivity contribution in [3.63, 3.8) is 0 Å². The zero-order valence-electron chi connectivity index (χ0n) is 11.0. The van der Waals surface area contributed by atoms with Crippen LogP contribution in [0.25, 0.3) is 0 Å². The summed E-state index contributed by atoms with van der Waals surface area (Å²) < 4.78 is 0. The summed E-state index contributed by atoms with van der Waals surface area (Å²) in [6, 6.07) is 0. The van der Waals surface area contributed by atoms with Crippen LogP contribution in [0.2, 0.25) is 0 Å². The molecule has 0 atom stereocenters. The molecule has 1 fully saturated rings. The van der Waals surface area contributed by atoms with E-state index in [2.05, 4.69) is 11.4 Å².